The summed E-state index contributed by atoms with van der Waals surface area (Å²) in [6, 6.07) is 14.8. The fourth-order valence-corrected chi connectivity index (χ4v) is 3.47. The topological polar surface area (TPSA) is 12.0 Å². The molecule has 0 saturated heterocycles. The molecule has 2 aromatic rings. The minimum Gasteiger partial charge on any atom is -0.310 e. The van der Waals surface area contributed by atoms with Crippen molar-refractivity contribution >= 4 is 50.1 Å². The summed E-state index contributed by atoms with van der Waals surface area (Å²) in [5, 5.41) is 4.35. The Kier molecular flexibility index (Phi) is 6.33. The zero-order valence-corrected chi connectivity index (χ0v) is 15.7. The molecule has 1 nitrogen and oxygen atoms in total. The minimum absolute atomic E-state index is 0.280. The van der Waals surface area contributed by atoms with Gasteiger partial charge in [0.2, 0.25) is 0 Å². The third-order valence-corrected chi connectivity index (χ3v) is 4.74. The van der Waals surface area contributed by atoms with Crippen molar-refractivity contribution in [2.75, 3.05) is 6.54 Å². The van der Waals surface area contributed by atoms with E-state index in [1.54, 1.807) is 0 Å². The second-order valence-electron chi connectivity index (χ2n) is 4.61. The largest absolute Gasteiger partial charge is 0.310 e. The first-order valence-corrected chi connectivity index (χ1v) is 8.78. The molecule has 0 aliphatic rings. The van der Waals surface area contributed by atoms with Crippen LogP contribution in [-0.4, -0.2) is 6.54 Å². The molecule has 0 spiro atoms. The van der Waals surface area contributed by atoms with E-state index in [1.165, 1.54) is 14.7 Å². The van der Waals surface area contributed by atoms with Gasteiger partial charge in [-0.25, -0.2) is 0 Å². The summed E-state index contributed by atoms with van der Waals surface area (Å²) in [6.07, 6.45) is 0.924. The van der Waals surface area contributed by atoms with Gasteiger partial charge in [0.25, 0.3) is 0 Å². The van der Waals surface area contributed by atoms with Gasteiger partial charge < -0.3 is 5.32 Å². The Balaban J connectivity index is 2.29. The highest BCUT2D eigenvalue weighted by atomic mass is 127. The average Bonchev–Trinajstić information content (AvgIpc) is 2.41. The fraction of sp³-hybridized carbons (Fsp3) is 0.250. The van der Waals surface area contributed by atoms with Crippen LogP contribution < -0.4 is 5.32 Å². The Hall–Kier alpha value is -0.100. The molecule has 0 amide bonds. The van der Waals surface area contributed by atoms with Gasteiger partial charge in [0, 0.05) is 19.1 Å². The summed E-state index contributed by atoms with van der Waals surface area (Å²) in [5.41, 5.74) is 2.54. The standard InChI is InChI=1S/C16H16BrClIN/c1-2-20-16(9-11-4-3-5-12(18)8-11)14-10-13(19)6-7-15(14)17/h3-8,10,16,20H,2,9H2,1H3. The molecule has 0 radical (unpaired) electrons. The molecule has 0 aliphatic carbocycles. The number of hydrogen-bond donors (Lipinski definition) is 1. The lowest BCUT2D eigenvalue weighted by Crippen LogP contribution is -2.23. The van der Waals surface area contributed by atoms with Crippen LogP contribution in [0.25, 0.3) is 0 Å². The minimum atomic E-state index is 0.280. The van der Waals surface area contributed by atoms with Crippen LogP contribution in [0.1, 0.15) is 24.1 Å². The van der Waals surface area contributed by atoms with Crippen LogP contribution in [0.3, 0.4) is 0 Å². The van der Waals surface area contributed by atoms with E-state index in [9.17, 15) is 0 Å². The first-order valence-electron chi connectivity index (χ1n) is 6.53. The number of nitrogens with one attached hydrogen (secondary N) is 1. The lowest BCUT2D eigenvalue weighted by Gasteiger charge is -2.20. The fourth-order valence-electron chi connectivity index (χ4n) is 2.22. The molecule has 20 heavy (non-hydrogen) atoms. The molecule has 2 rings (SSSR count). The quantitative estimate of drug-likeness (QED) is 0.568. The Morgan fingerprint density at radius 1 is 1.25 bits per heavy atom. The van der Waals surface area contributed by atoms with E-state index < -0.39 is 0 Å². The Labute approximate surface area is 147 Å². The predicted octanol–water partition coefficient (Wildman–Crippen LogP) is 5.60. The molecule has 0 heterocycles. The van der Waals surface area contributed by atoms with Crippen molar-refractivity contribution in [1.82, 2.24) is 5.32 Å². The van der Waals surface area contributed by atoms with Gasteiger partial charge in [0.1, 0.15) is 0 Å². The van der Waals surface area contributed by atoms with Crippen LogP contribution in [0.5, 0.6) is 0 Å². The third-order valence-electron chi connectivity index (χ3n) is 3.11. The van der Waals surface area contributed by atoms with Crippen molar-refractivity contribution in [1.29, 1.82) is 0 Å². The number of hydrogen-bond acceptors (Lipinski definition) is 1. The zero-order chi connectivity index (χ0) is 14.5. The number of likely N-dealkylation sites (N-methyl/N-ethyl adjacent to an activating group) is 1. The SMILES string of the molecule is CCNC(Cc1cccc(Cl)c1)c1cc(I)ccc1Br. The molecule has 0 fully saturated rings. The second kappa shape index (κ2) is 7.78. The van der Waals surface area contributed by atoms with Crippen LogP contribution in [0.15, 0.2) is 46.9 Å². The monoisotopic (exact) mass is 463 g/mol. The van der Waals surface area contributed by atoms with Gasteiger partial charge in [0.15, 0.2) is 0 Å². The molecule has 0 saturated carbocycles. The summed E-state index contributed by atoms with van der Waals surface area (Å²) in [5.74, 6) is 0. The van der Waals surface area contributed by atoms with Crippen molar-refractivity contribution < 1.29 is 0 Å². The Bertz CT molecular complexity index is 588. The van der Waals surface area contributed by atoms with Crippen LogP contribution in [0.4, 0.5) is 0 Å². The van der Waals surface area contributed by atoms with E-state index in [-0.39, 0.29) is 6.04 Å². The molecule has 0 aromatic heterocycles. The van der Waals surface area contributed by atoms with Crippen molar-refractivity contribution in [3.63, 3.8) is 0 Å². The molecule has 2 aromatic carbocycles. The molecule has 0 bridgehead atoms. The number of halogens is 3. The summed E-state index contributed by atoms with van der Waals surface area (Å²) < 4.78 is 2.39. The molecule has 1 N–H and O–H groups in total. The van der Waals surface area contributed by atoms with Gasteiger partial charge in [-0.3, -0.25) is 0 Å². The summed E-state index contributed by atoms with van der Waals surface area (Å²) in [4.78, 5) is 0. The van der Waals surface area contributed by atoms with Crippen LogP contribution >= 0.6 is 50.1 Å². The predicted molar refractivity (Wildman–Crippen MR) is 98.4 cm³/mol. The highest BCUT2D eigenvalue weighted by Gasteiger charge is 2.15. The first-order chi connectivity index (χ1) is 9.60. The van der Waals surface area contributed by atoms with Crippen molar-refractivity contribution in [3.05, 3.63) is 66.7 Å². The maximum absolute atomic E-state index is 6.08. The van der Waals surface area contributed by atoms with E-state index >= 15 is 0 Å². The number of rotatable bonds is 5. The number of benzene rings is 2. The van der Waals surface area contributed by atoms with Gasteiger partial charge in [-0.05, 0) is 77.0 Å². The van der Waals surface area contributed by atoms with Gasteiger partial charge >= 0.3 is 0 Å². The van der Waals surface area contributed by atoms with Crippen LogP contribution in [0.2, 0.25) is 5.02 Å². The van der Waals surface area contributed by atoms with E-state index in [4.69, 9.17) is 11.6 Å². The average molecular weight is 465 g/mol. The van der Waals surface area contributed by atoms with Crippen LogP contribution in [-0.2, 0) is 6.42 Å². The first kappa shape index (κ1) is 16.3. The maximum Gasteiger partial charge on any atom is 0.0408 e. The third kappa shape index (κ3) is 4.45. The zero-order valence-electron chi connectivity index (χ0n) is 11.2. The molecule has 0 aliphatic heterocycles. The van der Waals surface area contributed by atoms with Gasteiger partial charge in [-0.15, -0.1) is 0 Å². The highest BCUT2D eigenvalue weighted by Crippen LogP contribution is 2.28. The molecule has 4 heteroatoms. The van der Waals surface area contributed by atoms with Crippen molar-refractivity contribution in [3.8, 4) is 0 Å². The van der Waals surface area contributed by atoms with E-state index in [0.29, 0.717) is 0 Å². The van der Waals surface area contributed by atoms with E-state index in [2.05, 4.69) is 75.0 Å². The normalized spacial score (nSPS) is 12.4. The molecule has 1 unspecified atom stereocenters. The van der Waals surface area contributed by atoms with Gasteiger partial charge in [-0.1, -0.05) is 46.6 Å². The summed E-state index contributed by atoms with van der Waals surface area (Å²) in [6.45, 7) is 3.07. The molecule has 106 valence electrons. The highest BCUT2D eigenvalue weighted by molar-refractivity contribution is 14.1. The van der Waals surface area contributed by atoms with Gasteiger partial charge in [-0.2, -0.15) is 0 Å². The second-order valence-corrected chi connectivity index (χ2v) is 7.15. The summed E-state index contributed by atoms with van der Waals surface area (Å²) >= 11 is 12.1. The Morgan fingerprint density at radius 3 is 2.75 bits per heavy atom. The van der Waals surface area contributed by atoms with E-state index in [1.807, 2.05) is 18.2 Å². The molecule has 1 atom stereocenters. The molecular weight excluding hydrogens is 448 g/mol. The molecular formula is C16H16BrClIN. The Morgan fingerprint density at radius 2 is 2.05 bits per heavy atom. The van der Waals surface area contributed by atoms with Crippen LogP contribution in [0, 0.1) is 3.57 Å². The lowest BCUT2D eigenvalue weighted by molar-refractivity contribution is 0.547. The van der Waals surface area contributed by atoms with Gasteiger partial charge in [0.05, 0.1) is 0 Å². The van der Waals surface area contributed by atoms with Crippen molar-refractivity contribution in [2.24, 2.45) is 0 Å². The van der Waals surface area contributed by atoms with Crippen molar-refractivity contribution in [2.45, 2.75) is 19.4 Å². The van der Waals surface area contributed by atoms with E-state index in [0.717, 1.165) is 22.5 Å². The summed E-state index contributed by atoms with van der Waals surface area (Å²) in [7, 11) is 0. The lowest BCUT2D eigenvalue weighted by atomic mass is 9.99. The maximum atomic E-state index is 6.08. The smallest absolute Gasteiger partial charge is 0.0408 e.